The summed E-state index contributed by atoms with van der Waals surface area (Å²) in [6, 6.07) is 0. The second-order valence-electron chi connectivity index (χ2n) is 2.90. The Morgan fingerprint density at radius 3 is 2.73 bits per heavy atom. The van der Waals surface area contributed by atoms with E-state index in [-0.39, 0.29) is 11.3 Å². The summed E-state index contributed by atoms with van der Waals surface area (Å²) in [6.07, 6.45) is 0.426. The highest BCUT2D eigenvalue weighted by Gasteiger charge is 2.46. The number of rotatable bonds is 1. The number of carboxylic acid groups (broad SMARTS) is 1. The first-order valence-electron chi connectivity index (χ1n) is 3.41. The fraction of sp³-hybridized carbons (Fsp3) is 0.667. The fourth-order valence-corrected chi connectivity index (χ4v) is 1.23. The quantitative estimate of drug-likeness (QED) is 0.520. The summed E-state index contributed by atoms with van der Waals surface area (Å²) in [5, 5.41) is 15.0. The van der Waals surface area contributed by atoms with E-state index < -0.39 is 5.97 Å². The zero-order valence-electron chi connectivity index (χ0n) is 5.83. The fourth-order valence-electron chi connectivity index (χ4n) is 1.23. The smallest absolute Gasteiger partial charge is 0.353 e. The molecule has 5 heteroatoms. The van der Waals surface area contributed by atoms with Crippen LogP contribution in [-0.2, 0) is 9.63 Å². The van der Waals surface area contributed by atoms with Crippen LogP contribution in [0.5, 0.6) is 0 Å². The van der Waals surface area contributed by atoms with Gasteiger partial charge in [0, 0.05) is 19.5 Å². The van der Waals surface area contributed by atoms with E-state index in [0.717, 1.165) is 0 Å². The summed E-state index contributed by atoms with van der Waals surface area (Å²) in [7, 11) is 0. The highest BCUT2D eigenvalue weighted by molar-refractivity contribution is 6.36. The molecule has 0 bridgehead atoms. The molecule has 1 fully saturated rings. The number of aliphatic carboxylic acids is 1. The lowest BCUT2D eigenvalue weighted by Gasteiger charge is -2.35. The topological polar surface area (TPSA) is 70.9 Å². The first-order chi connectivity index (χ1) is 5.22. The van der Waals surface area contributed by atoms with E-state index in [9.17, 15) is 4.79 Å². The zero-order valence-corrected chi connectivity index (χ0v) is 5.83. The number of oxime groups is 1. The van der Waals surface area contributed by atoms with Gasteiger partial charge in [-0.15, -0.1) is 0 Å². The Morgan fingerprint density at radius 2 is 2.45 bits per heavy atom. The van der Waals surface area contributed by atoms with Gasteiger partial charge in [-0.2, -0.15) is 0 Å². The molecular formula is C6H8N2O3. The Labute approximate surface area is 63.0 Å². The minimum atomic E-state index is -0.978. The van der Waals surface area contributed by atoms with Crippen LogP contribution in [0.3, 0.4) is 0 Å². The second-order valence-corrected chi connectivity index (χ2v) is 2.90. The van der Waals surface area contributed by atoms with Crippen molar-refractivity contribution in [1.82, 2.24) is 5.32 Å². The molecule has 5 nitrogen and oxygen atoms in total. The molecule has 2 rings (SSSR count). The molecule has 60 valence electrons. The minimum absolute atomic E-state index is 0.131. The molecule has 0 aliphatic carbocycles. The highest BCUT2D eigenvalue weighted by atomic mass is 16.7. The average Bonchev–Trinajstić information content (AvgIpc) is 2.28. The summed E-state index contributed by atoms with van der Waals surface area (Å²) in [4.78, 5) is 15.4. The van der Waals surface area contributed by atoms with Gasteiger partial charge in [0.25, 0.3) is 0 Å². The van der Waals surface area contributed by atoms with Gasteiger partial charge in [-0.1, -0.05) is 5.16 Å². The average molecular weight is 156 g/mol. The number of carbonyl (C=O) groups is 1. The van der Waals surface area contributed by atoms with Crippen LogP contribution in [0.4, 0.5) is 0 Å². The molecule has 0 aromatic rings. The molecule has 0 saturated carbocycles. The molecule has 1 saturated heterocycles. The third kappa shape index (κ3) is 0.883. The van der Waals surface area contributed by atoms with Crippen LogP contribution in [-0.4, -0.2) is 35.5 Å². The normalized spacial score (nSPS) is 25.6. The number of hydrogen-bond donors (Lipinski definition) is 2. The van der Waals surface area contributed by atoms with Gasteiger partial charge in [-0.05, 0) is 0 Å². The lowest BCUT2D eigenvalue weighted by atomic mass is 9.91. The van der Waals surface area contributed by atoms with Crippen LogP contribution in [0, 0.1) is 0 Å². The van der Waals surface area contributed by atoms with Crippen molar-refractivity contribution in [2.45, 2.75) is 12.0 Å². The second kappa shape index (κ2) is 1.94. The Kier molecular flexibility index (Phi) is 1.17. The first kappa shape index (κ1) is 6.60. The minimum Gasteiger partial charge on any atom is -0.477 e. The number of nitrogens with zero attached hydrogens (tertiary/aromatic N) is 1. The van der Waals surface area contributed by atoms with Crippen LogP contribution >= 0.6 is 0 Å². The lowest BCUT2D eigenvalue weighted by Crippen LogP contribution is -2.59. The molecule has 11 heavy (non-hydrogen) atoms. The van der Waals surface area contributed by atoms with Crippen molar-refractivity contribution in [1.29, 1.82) is 0 Å². The van der Waals surface area contributed by atoms with Gasteiger partial charge in [-0.25, -0.2) is 4.79 Å². The van der Waals surface area contributed by atoms with Crippen molar-refractivity contribution in [2.75, 3.05) is 13.1 Å². The van der Waals surface area contributed by atoms with E-state index in [4.69, 9.17) is 9.94 Å². The number of carboxylic acids is 1. The van der Waals surface area contributed by atoms with E-state index in [1.807, 2.05) is 0 Å². The molecule has 2 aliphatic heterocycles. The molecule has 2 heterocycles. The van der Waals surface area contributed by atoms with Gasteiger partial charge in [0.05, 0.1) is 0 Å². The largest absolute Gasteiger partial charge is 0.477 e. The van der Waals surface area contributed by atoms with Crippen molar-refractivity contribution >= 4 is 11.7 Å². The molecule has 0 aromatic carbocycles. The van der Waals surface area contributed by atoms with E-state index in [0.29, 0.717) is 19.5 Å². The Balaban J connectivity index is 2.05. The van der Waals surface area contributed by atoms with Gasteiger partial charge in [0.2, 0.25) is 0 Å². The standard InChI is InChI=1S/C6H8N2O3/c9-5(10)4-1-6(11-8-4)2-7-3-6/h7H,1-3H2,(H,9,10). The van der Waals surface area contributed by atoms with Gasteiger partial charge < -0.3 is 15.3 Å². The third-order valence-electron chi connectivity index (χ3n) is 1.98. The van der Waals surface area contributed by atoms with E-state index in [2.05, 4.69) is 10.5 Å². The van der Waals surface area contributed by atoms with Crippen molar-refractivity contribution in [3.63, 3.8) is 0 Å². The summed E-state index contributed by atoms with van der Waals surface area (Å²) in [5.74, 6) is -0.978. The molecule has 2 N–H and O–H groups in total. The van der Waals surface area contributed by atoms with Gasteiger partial charge in [0.1, 0.15) is 0 Å². The van der Waals surface area contributed by atoms with Gasteiger partial charge in [0.15, 0.2) is 11.3 Å². The summed E-state index contributed by atoms with van der Waals surface area (Å²) in [5.41, 5.74) is -0.195. The van der Waals surface area contributed by atoms with Crippen LogP contribution in [0.25, 0.3) is 0 Å². The predicted molar refractivity (Wildman–Crippen MR) is 36.4 cm³/mol. The van der Waals surface area contributed by atoms with E-state index in [1.165, 1.54) is 0 Å². The lowest BCUT2D eigenvalue weighted by molar-refractivity contribution is -0.129. The molecule has 0 aromatic heterocycles. The summed E-state index contributed by atoms with van der Waals surface area (Å²) < 4.78 is 0. The Bertz CT molecular complexity index is 232. The van der Waals surface area contributed by atoms with Crippen LogP contribution in [0.2, 0.25) is 0 Å². The third-order valence-corrected chi connectivity index (χ3v) is 1.98. The molecular weight excluding hydrogens is 148 g/mol. The van der Waals surface area contributed by atoms with E-state index >= 15 is 0 Å². The predicted octanol–water partition coefficient (Wildman–Crippen LogP) is -0.811. The summed E-state index contributed by atoms with van der Waals surface area (Å²) in [6.45, 7) is 1.40. The molecule has 0 radical (unpaired) electrons. The van der Waals surface area contributed by atoms with Crippen molar-refractivity contribution in [3.8, 4) is 0 Å². The van der Waals surface area contributed by atoms with Crippen LogP contribution < -0.4 is 5.32 Å². The number of hydrogen-bond acceptors (Lipinski definition) is 4. The molecule has 0 atom stereocenters. The maximum atomic E-state index is 10.4. The molecule has 0 unspecified atom stereocenters. The molecule has 0 amide bonds. The Hall–Kier alpha value is -1.10. The number of nitrogens with one attached hydrogen (secondary N) is 1. The monoisotopic (exact) mass is 156 g/mol. The van der Waals surface area contributed by atoms with Crippen LogP contribution in [0.1, 0.15) is 6.42 Å². The summed E-state index contributed by atoms with van der Waals surface area (Å²) >= 11 is 0. The zero-order chi connectivity index (χ0) is 7.90. The van der Waals surface area contributed by atoms with Gasteiger partial charge in [-0.3, -0.25) is 0 Å². The van der Waals surface area contributed by atoms with Crippen molar-refractivity contribution in [3.05, 3.63) is 0 Å². The first-order valence-corrected chi connectivity index (χ1v) is 3.41. The maximum absolute atomic E-state index is 10.4. The van der Waals surface area contributed by atoms with Crippen LogP contribution in [0.15, 0.2) is 5.16 Å². The maximum Gasteiger partial charge on any atom is 0.353 e. The molecule has 1 spiro atoms. The van der Waals surface area contributed by atoms with Crippen molar-refractivity contribution < 1.29 is 14.7 Å². The SMILES string of the molecule is O=C(O)C1=NOC2(CNC2)C1. The Morgan fingerprint density at radius 1 is 1.73 bits per heavy atom. The van der Waals surface area contributed by atoms with E-state index in [1.54, 1.807) is 0 Å². The van der Waals surface area contributed by atoms with Gasteiger partial charge >= 0.3 is 5.97 Å². The van der Waals surface area contributed by atoms with Crippen molar-refractivity contribution in [2.24, 2.45) is 5.16 Å². The molecule has 2 aliphatic rings. The highest BCUT2D eigenvalue weighted by Crippen LogP contribution is 2.27.